The predicted molar refractivity (Wildman–Crippen MR) is 127 cm³/mol. The number of ketones is 1. The summed E-state index contributed by atoms with van der Waals surface area (Å²) < 4.78 is 5.51. The minimum Gasteiger partial charge on any atom is -0.484 e. The molecule has 0 unspecified atom stereocenters. The molecule has 33 heavy (non-hydrogen) atoms. The highest BCUT2D eigenvalue weighted by Crippen LogP contribution is 2.32. The molecule has 3 rings (SSSR count). The van der Waals surface area contributed by atoms with Crippen molar-refractivity contribution in [3.8, 4) is 5.75 Å². The van der Waals surface area contributed by atoms with Crippen molar-refractivity contribution in [3.05, 3.63) is 95.6 Å². The summed E-state index contributed by atoms with van der Waals surface area (Å²) in [6.45, 7) is 5.48. The van der Waals surface area contributed by atoms with E-state index in [-0.39, 0.29) is 17.8 Å². The van der Waals surface area contributed by atoms with Gasteiger partial charge in [0.2, 0.25) is 0 Å². The van der Waals surface area contributed by atoms with Gasteiger partial charge in [-0.2, -0.15) is 0 Å². The highest BCUT2D eigenvalue weighted by molar-refractivity contribution is 5.97. The average molecular weight is 446 g/mol. The van der Waals surface area contributed by atoms with Gasteiger partial charge in [-0.05, 0) is 42.3 Å². The normalized spacial score (nSPS) is 10.8. The minimum atomic E-state index is -0.642. The van der Waals surface area contributed by atoms with Crippen molar-refractivity contribution < 1.29 is 19.1 Å². The van der Waals surface area contributed by atoms with Crippen LogP contribution in [0.5, 0.6) is 5.75 Å². The number of benzene rings is 3. The standard InChI is InChI=1S/C26H27N3O4/c1-18(30)19-8-7-11-22(16-19)27-25(32)29-28-24(31)17-33-23-14-12-21(13-15-23)26(2,3)20-9-5-4-6-10-20/h4-16H,17H2,1-3H3,(H,28,31)(H2,27,29,32). The fraction of sp³-hybridized carbons (Fsp3) is 0.192. The molecule has 7 nitrogen and oxygen atoms in total. The first-order chi connectivity index (χ1) is 15.8. The maximum Gasteiger partial charge on any atom is 0.337 e. The molecule has 0 saturated carbocycles. The van der Waals surface area contributed by atoms with Gasteiger partial charge in [-0.1, -0.05) is 68.4 Å². The second-order valence-corrected chi connectivity index (χ2v) is 8.07. The highest BCUT2D eigenvalue weighted by atomic mass is 16.5. The quantitative estimate of drug-likeness (QED) is 0.370. The molecule has 0 saturated heterocycles. The Bertz CT molecular complexity index is 1130. The Labute approximate surface area is 193 Å². The maximum atomic E-state index is 12.0. The summed E-state index contributed by atoms with van der Waals surface area (Å²) in [6.07, 6.45) is 0. The van der Waals surface area contributed by atoms with Crippen LogP contribution in [-0.4, -0.2) is 24.3 Å². The predicted octanol–water partition coefficient (Wildman–Crippen LogP) is 4.45. The summed E-state index contributed by atoms with van der Waals surface area (Å²) in [7, 11) is 0. The van der Waals surface area contributed by atoms with Gasteiger partial charge in [-0.25, -0.2) is 10.2 Å². The number of hydrazine groups is 1. The van der Waals surface area contributed by atoms with Crippen LogP contribution in [-0.2, 0) is 10.2 Å². The molecule has 0 radical (unpaired) electrons. The summed E-state index contributed by atoms with van der Waals surface area (Å²) in [5.41, 5.74) is 7.59. The zero-order valence-corrected chi connectivity index (χ0v) is 18.8. The molecule has 0 fully saturated rings. The molecule has 0 heterocycles. The molecule has 0 aromatic heterocycles. The van der Waals surface area contributed by atoms with Crippen molar-refractivity contribution >= 4 is 23.4 Å². The van der Waals surface area contributed by atoms with E-state index in [2.05, 4.69) is 42.1 Å². The number of carbonyl (C=O) groups excluding carboxylic acids is 3. The van der Waals surface area contributed by atoms with Crippen LogP contribution in [0.3, 0.4) is 0 Å². The summed E-state index contributed by atoms with van der Waals surface area (Å²) in [5, 5.41) is 2.54. The van der Waals surface area contributed by atoms with Gasteiger partial charge in [-0.3, -0.25) is 15.0 Å². The molecule has 3 aromatic carbocycles. The Hall–Kier alpha value is -4.13. The molecule has 0 aliphatic heterocycles. The van der Waals surface area contributed by atoms with Crippen LogP contribution in [0.4, 0.5) is 10.5 Å². The molecule has 3 N–H and O–H groups in total. The van der Waals surface area contributed by atoms with E-state index in [1.165, 1.54) is 12.5 Å². The molecule has 0 bridgehead atoms. The van der Waals surface area contributed by atoms with E-state index in [4.69, 9.17) is 4.74 Å². The van der Waals surface area contributed by atoms with E-state index in [1.54, 1.807) is 24.3 Å². The lowest BCUT2D eigenvalue weighted by atomic mass is 9.78. The fourth-order valence-corrected chi connectivity index (χ4v) is 3.28. The number of rotatable bonds is 7. The van der Waals surface area contributed by atoms with Crippen molar-refractivity contribution in [2.45, 2.75) is 26.2 Å². The number of ether oxygens (including phenoxy) is 1. The Morgan fingerprint density at radius 1 is 0.818 bits per heavy atom. The van der Waals surface area contributed by atoms with Gasteiger partial charge in [0.1, 0.15) is 5.75 Å². The first-order valence-corrected chi connectivity index (χ1v) is 10.5. The van der Waals surface area contributed by atoms with Crippen LogP contribution in [0.15, 0.2) is 78.9 Å². The molecule has 0 aliphatic carbocycles. The summed E-state index contributed by atoms with van der Waals surface area (Å²) in [4.78, 5) is 35.4. The van der Waals surface area contributed by atoms with Crippen molar-refractivity contribution in [2.24, 2.45) is 0 Å². The van der Waals surface area contributed by atoms with Crippen LogP contribution < -0.4 is 20.9 Å². The van der Waals surface area contributed by atoms with Gasteiger partial charge in [0.15, 0.2) is 12.4 Å². The van der Waals surface area contributed by atoms with Crippen molar-refractivity contribution in [1.82, 2.24) is 10.9 Å². The third-order valence-electron chi connectivity index (χ3n) is 5.28. The first kappa shape index (κ1) is 23.5. The Kier molecular flexibility index (Phi) is 7.46. The van der Waals surface area contributed by atoms with E-state index in [9.17, 15) is 14.4 Å². The van der Waals surface area contributed by atoms with Crippen molar-refractivity contribution in [2.75, 3.05) is 11.9 Å². The Morgan fingerprint density at radius 3 is 2.15 bits per heavy atom. The molecule has 170 valence electrons. The SMILES string of the molecule is CC(=O)c1cccc(NC(=O)NNC(=O)COc2ccc(C(C)(C)c3ccccc3)cc2)c1. The van der Waals surface area contributed by atoms with Crippen molar-refractivity contribution in [1.29, 1.82) is 0 Å². The zero-order chi connectivity index (χ0) is 23.8. The maximum absolute atomic E-state index is 12.0. The van der Waals surface area contributed by atoms with Gasteiger partial charge in [0, 0.05) is 16.7 Å². The van der Waals surface area contributed by atoms with Crippen LogP contribution in [0, 0.1) is 0 Å². The minimum absolute atomic E-state index is 0.110. The number of carbonyl (C=O) groups is 3. The van der Waals surface area contributed by atoms with Crippen LogP contribution in [0.25, 0.3) is 0 Å². The highest BCUT2D eigenvalue weighted by Gasteiger charge is 2.22. The summed E-state index contributed by atoms with van der Waals surface area (Å²) in [6, 6.07) is 23.7. The smallest absolute Gasteiger partial charge is 0.337 e. The molecule has 3 aromatic rings. The number of hydrogen-bond acceptors (Lipinski definition) is 4. The van der Waals surface area contributed by atoms with E-state index in [0.717, 1.165) is 5.56 Å². The largest absolute Gasteiger partial charge is 0.484 e. The second kappa shape index (κ2) is 10.5. The summed E-state index contributed by atoms with van der Waals surface area (Å²) in [5.74, 6) is -0.0826. The molecular weight excluding hydrogens is 418 g/mol. The number of anilines is 1. The van der Waals surface area contributed by atoms with Gasteiger partial charge >= 0.3 is 6.03 Å². The fourth-order valence-electron chi connectivity index (χ4n) is 3.28. The number of amides is 3. The van der Waals surface area contributed by atoms with Gasteiger partial charge in [0.25, 0.3) is 5.91 Å². The molecule has 0 atom stereocenters. The summed E-state index contributed by atoms with van der Waals surface area (Å²) >= 11 is 0. The van der Waals surface area contributed by atoms with E-state index < -0.39 is 11.9 Å². The Balaban J connectivity index is 1.46. The zero-order valence-electron chi connectivity index (χ0n) is 18.8. The molecule has 0 aliphatic rings. The van der Waals surface area contributed by atoms with E-state index >= 15 is 0 Å². The topological polar surface area (TPSA) is 96.5 Å². The Morgan fingerprint density at radius 2 is 1.48 bits per heavy atom. The third kappa shape index (κ3) is 6.43. The number of urea groups is 1. The lowest BCUT2D eigenvalue weighted by Crippen LogP contribution is -2.45. The van der Waals surface area contributed by atoms with Crippen LogP contribution in [0.1, 0.15) is 42.3 Å². The van der Waals surface area contributed by atoms with E-state index in [0.29, 0.717) is 17.0 Å². The van der Waals surface area contributed by atoms with Crippen LogP contribution >= 0.6 is 0 Å². The molecule has 0 spiro atoms. The lowest BCUT2D eigenvalue weighted by molar-refractivity contribution is -0.123. The third-order valence-corrected chi connectivity index (χ3v) is 5.28. The number of hydrogen-bond donors (Lipinski definition) is 3. The van der Waals surface area contributed by atoms with E-state index in [1.807, 2.05) is 42.5 Å². The van der Waals surface area contributed by atoms with Crippen LogP contribution in [0.2, 0.25) is 0 Å². The molecular formula is C26H27N3O4. The molecule has 3 amide bonds. The second-order valence-electron chi connectivity index (χ2n) is 8.07. The average Bonchev–Trinajstić information content (AvgIpc) is 2.82. The number of nitrogens with one attached hydrogen (secondary N) is 3. The lowest BCUT2D eigenvalue weighted by Gasteiger charge is -2.26. The molecule has 7 heteroatoms. The monoisotopic (exact) mass is 445 g/mol. The number of Topliss-reactive ketones (excluding diaryl/α,β-unsaturated/α-hetero) is 1. The van der Waals surface area contributed by atoms with Crippen molar-refractivity contribution in [3.63, 3.8) is 0 Å². The van der Waals surface area contributed by atoms with Gasteiger partial charge in [0.05, 0.1) is 0 Å². The van der Waals surface area contributed by atoms with Gasteiger partial charge in [-0.15, -0.1) is 0 Å². The first-order valence-electron chi connectivity index (χ1n) is 10.5. The van der Waals surface area contributed by atoms with Gasteiger partial charge < -0.3 is 10.1 Å².